The summed E-state index contributed by atoms with van der Waals surface area (Å²) in [4.78, 5) is 34.0. The van der Waals surface area contributed by atoms with Crippen LogP contribution >= 0.6 is 11.8 Å². The van der Waals surface area contributed by atoms with Gasteiger partial charge in [-0.2, -0.15) is 4.99 Å². The number of likely N-dealkylation sites (tertiary alicyclic amines) is 1. The van der Waals surface area contributed by atoms with E-state index < -0.39 is 6.03 Å². The van der Waals surface area contributed by atoms with Crippen LogP contribution in [-0.2, 0) is 4.79 Å². The minimum atomic E-state index is -0.394. The molecular formula is C16H23N3O2S. The van der Waals surface area contributed by atoms with E-state index in [2.05, 4.69) is 16.9 Å². The van der Waals surface area contributed by atoms with Crippen molar-refractivity contribution in [3.05, 3.63) is 0 Å². The van der Waals surface area contributed by atoms with Gasteiger partial charge in [-0.1, -0.05) is 25.1 Å². The SMILES string of the molecule is CC1CCN(C(=O)CSC2=NC(=O)N=C3CCCCC32)CC1. The van der Waals surface area contributed by atoms with E-state index in [4.69, 9.17) is 0 Å². The largest absolute Gasteiger partial charge is 0.367 e. The van der Waals surface area contributed by atoms with E-state index in [1.165, 1.54) is 11.8 Å². The molecule has 1 saturated carbocycles. The highest BCUT2D eigenvalue weighted by molar-refractivity contribution is 8.14. The summed E-state index contributed by atoms with van der Waals surface area (Å²) in [7, 11) is 0. The fraction of sp³-hybridized carbons (Fsp3) is 0.750. The highest BCUT2D eigenvalue weighted by atomic mass is 32.2. The van der Waals surface area contributed by atoms with Gasteiger partial charge in [0.15, 0.2) is 0 Å². The number of hydrogen-bond acceptors (Lipinski definition) is 3. The molecule has 5 nitrogen and oxygen atoms in total. The standard InChI is InChI=1S/C16H23N3O2S/c1-11-6-8-19(9-7-11)14(20)10-22-15-12-4-2-3-5-13(12)17-16(21)18-15/h11-12H,2-10H2,1H3. The zero-order valence-corrected chi connectivity index (χ0v) is 13.9. The average Bonchev–Trinajstić information content (AvgIpc) is 2.52. The lowest BCUT2D eigenvalue weighted by atomic mass is 9.87. The lowest BCUT2D eigenvalue weighted by molar-refractivity contribution is -0.129. The van der Waals surface area contributed by atoms with Crippen LogP contribution in [0.25, 0.3) is 0 Å². The number of amides is 3. The summed E-state index contributed by atoms with van der Waals surface area (Å²) in [6.07, 6.45) is 6.34. The number of urea groups is 1. The molecule has 2 fully saturated rings. The Morgan fingerprint density at radius 2 is 2.00 bits per heavy atom. The number of carbonyl (C=O) groups is 2. The average molecular weight is 321 g/mol. The molecule has 2 aliphatic heterocycles. The minimum Gasteiger partial charge on any atom is -0.342 e. The summed E-state index contributed by atoms with van der Waals surface area (Å²) in [5, 5.41) is 0.813. The molecule has 22 heavy (non-hydrogen) atoms. The molecule has 1 saturated heterocycles. The van der Waals surface area contributed by atoms with Gasteiger partial charge in [-0.15, -0.1) is 0 Å². The molecule has 6 heteroatoms. The Bertz CT molecular complexity index is 521. The third-order valence-electron chi connectivity index (χ3n) is 4.80. The number of aliphatic imine (C=N–C) groups is 2. The summed E-state index contributed by atoms with van der Waals surface area (Å²) in [6, 6.07) is -0.394. The van der Waals surface area contributed by atoms with Gasteiger partial charge in [0.2, 0.25) is 5.91 Å². The van der Waals surface area contributed by atoms with Crippen LogP contribution in [0.3, 0.4) is 0 Å². The van der Waals surface area contributed by atoms with Gasteiger partial charge in [0.1, 0.15) is 0 Å². The van der Waals surface area contributed by atoms with Crippen molar-refractivity contribution in [1.82, 2.24) is 4.90 Å². The highest BCUT2D eigenvalue weighted by Gasteiger charge is 2.31. The first-order chi connectivity index (χ1) is 10.6. The molecule has 1 aliphatic carbocycles. The van der Waals surface area contributed by atoms with Crippen LogP contribution in [0.2, 0.25) is 0 Å². The number of nitrogens with zero attached hydrogens (tertiary/aromatic N) is 3. The van der Waals surface area contributed by atoms with Gasteiger partial charge in [-0.25, -0.2) is 9.79 Å². The van der Waals surface area contributed by atoms with Crippen LogP contribution in [0.15, 0.2) is 9.98 Å². The molecule has 0 radical (unpaired) electrons. The zero-order valence-electron chi connectivity index (χ0n) is 13.1. The maximum Gasteiger partial charge on any atom is 0.367 e. The Balaban J connectivity index is 1.56. The van der Waals surface area contributed by atoms with Crippen LogP contribution in [0, 0.1) is 11.8 Å². The minimum absolute atomic E-state index is 0.173. The number of piperidine rings is 1. The topological polar surface area (TPSA) is 62.1 Å². The molecule has 1 unspecified atom stereocenters. The molecule has 2 heterocycles. The molecule has 0 bridgehead atoms. The van der Waals surface area contributed by atoms with Crippen LogP contribution in [0.4, 0.5) is 4.79 Å². The molecule has 0 aromatic rings. The number of thioether (sulfide) groups is 1. The predicted molar refractivity (Wildman–Crippen MR) is 89.7 cm³/mol. The molecule has 3 rings (SSSR count). The van der Waals surface area contributed by atoms with Crippen LogP contribution in [0.1, 0.15) is 45.4 Å². The van der Waals surface area contributed by atoms with E-state index in [0.717, 1.165) is 68.3 Å². The van der Waals surface area contributed by atoms with Crippen molar-refractivity contribution in [3.8, 4) is 0 Å². The van der Waals surface area contributed by atoms with Crippen LogP contribution < -0.4 is 0 Å². The maximum absolute atomic E-state index is 12.3. The lowest BCUT2D eigenvalue weighted by Crippen LogP contribution is -2.39. The van der Waals surface area contributed by atoms with Crippen molar-refractivity contribution in [3.63, 3.8) is 0 Å². The molecule has 0 N–H and O–H groups in total. The summed E-state index contributed by atoms with van der Waals surface area (Å²) in [5.74, 6) is 1.47. The predicted octanol–water partition coefficient (Wildman–Crippen LogP) is 3.14. The third-order valence-corrected chi connectivity index (χ3v) is 5.86. The van der Waals surface area contributed by atoms with Crippen molar-refractivity contribution in [1.29, 1.82) is 0 Å². The Morgan fingerprint density at radius 1 is 1.23 bits per heavy atom. The van der Waals surface area contributed by atoms with Crippen LogP contribution in [-0.4, -0.2) is 46.4 Å². The van der Waals surface area contributed by atoms with Crippen molar-refractivity contribution < 1.29 is 9.59 Å². The van der Waals surface area contributed by atoms with Gasteiger partial charge >= 0.3 is 6.03 Å². The maximum atomic E-state index is 12.3. The van der Waals surface area contributed by atoms with Gasteiger partial charge in [-0.05, 0) is 38.0 Å². The summed E-state index contributed by atoms with van der Waals surface area (Å²) >= 11 is 1.45. The number of hydrogen-bond donors (Lipinski definition) is 0. The first-order valence-corrected chi connectivity index (χ1v) is 9.22. The van der Waals surface area contributed by atoms with Gasteiger partial charge in [0.25, 0.3) is 0 Å². The quantitative estimate of drug-likeness (QED) is 0.785. The van der Waals surface area contributed by atoms with E-state index in [9.17, 15) is 9.59 Å². The van der Waals surface area contributed by atoms with E-state index in [1.807, 2.05) is 4.90 Å². The molecule has 120 valence electrons. The molecule has 0 spiro atoms. The molecular weight excluding hydrogens is 298 g/mol. The summed E-state index contributed by atoms with van der Waals surface area (Å²) in [5.41, 5.74) is 0.980. The molecule has 3 aliphatic rings. The smallest absolute Gasteiger partial charge is 0.342 e. The van der Waals surface area contributed by atoms with Crippen molar-refractivity contribution >= 4 is 34.5 Å². The van der Waals surface area contributed by atoms with E-state index in [-0.39, 0.29) is 11.8 Å². The Kier molecular flexibility index (Phi) is 4.96. The zero-order chi connectivity index (χ0) is 15.5. The highest BCUT2D eigenvalue weighted by Crippen LogP contribution is 2.30. The number of rotatable bonds is 2. The monoisotopic (exact) mass is 321 g/mol. The Morgan fingerprint density at radius 3 is 2.77 bits per heavy atom. The lowest BCUT2D eigenvalue weighted by Gasteiger charge is -2.31. The van der Waals surface area contributed by atoms with Gasteiger partial charge in [-0.3, -0.25) is 4.79 Å². The first kappa shape index (κ1) is 15.7. The van der Waals surface area contributed by atoms with Crippen molar-refractivity contribution in [2.24, 2.45) is 21.8 Å². The summed E-state index contributed by atoms with van der Waals surface area (Å²) in [6.45, 7) is 3.97. The second-order valence-electron chi connectivity index (χ2n) is 6.49. The second kappa shape index (κ2) is 6.94. The number of fused-ring (bicyclic) bond motifs is 1. The van der Waals surface area contributed by atoms with E-state index >= 15 is 0 Å². The Hall–Kier alpha value is -1.17. The Labute approximate surface area is 135 Å². The van der Waals surface area contributed by atoms with E-state index in [0.29, 0.717) is 5.75 Å². The van der Waals surface area contributed by atoms with Crippen molar-refractivity contribution in [2.75, 3.05) is 18.8 Å². The first-order valence-electron chi connectivity index (χ1n) is 8.24. The van der Waals surface area contributed by atoms with Gasteiger partial charge < -0.3 is 4.90 Å². The fourth-order valence-electron chi connectivity index (χ4n) is 3.33. The molecule has 3 amide bonds. The molecule has 0 aromatic heterocycles. The molecule has 0 aromatic carbocycles. The normalized spacial score (nSPS) is 26.3. The van der Waals surface area contributed by atoms with Gasteiger partial charge in [0, 0.05) is 24.7 Å². The van der Waals surface area contributed by atoms with Gasteiger partial charge in [0.05, 0.1) is 10.8 Å². The van der Waals surface area contributed by atoms with Crippen molar-refractivity contribution in [2.45, 2.75) is 45.4 Å². The third kappa shape index (κ3) is 3.59. The van der Waals surface area contributed by atoms with Crippen LogP contribution in [0.5, 0.6) is 0 Å². The fourth-order valence-corrected chi connectivity index (χ4v) is 4.38. The van der Waals surface area contributed by atoms with E-state index in [1.54, 1.807) is 0 Å². The number of carbonyl (C=O) groups excluding carboxylic acids is 2. The second-order valence-corrected chi connectivity index (χ2v) is 7.48. The molecule has 1 atom stereocenters. The summed E-state index contributed by atoms with van der Waals surface area (Å²) < 4.78 is 0.